The molecule has 72 valence electrons. The van der Waals surface area contributed by atoms with Gasteiger partial charge in [0.2, 0.25) is 5.95 Å². The average molecular weight is 190 g/mol. The molecule has 0 bridgehead atoms. The number of aromatic nitrogens is 3. The van der Waals surface area contributed by atoms with Gasteiger partial charge in [0.1, 0.15) is 5.82 Å². The van der Waals surface area contributed by atoms with E-state index < -0.39 is 0 Å². The van der Waals surface area contributed by atoms with E-state index in [0.717, 1.165) is 6.54 Å². The van der Waals surface area contributed by atoms with Crippen molar-refractivity contribution in [3.05, 3.63) is 28.7 Å². The van der Waals surface area contributed by atoms with Gasteiger partial charge in [0.25, 0.3) is 5.56 Å². The zero-order chi connectivity index (χ0) is 10.1. The molecule has 5 heteroatoms. The zero-order valence-electron chi connectivity index (χ0n) is 7.77. The van der Waals surface area contributed by atoms with Crippen molar-refractivity contribution in [3.63, 3.8) is 0 Å². The number of anilines is 1. The van der Waals surface area contributed by atoms with Gasteiger partial charge in [-0.25, -0.2) is 0 Å². The Labute approximate surface area is 80.6 Å². The molecule has 0 aromatic heterocycles. The molecule has 0 aromatic carbocycles. The maximum Gasteiger partial charge on any atom is 0.284 e. The van der Waals surface area contributed by atoms with Gasteiger partial charge in [0.15, 0.2) is 0 Å². The standard InChI is InChI=1S/C9H10N4O/c1-2-13-5-3-4-6-7(13)11-9(10)12-8(6)14/h3-5H,2H2,1H3,(H2,10,12,14). The summed E-state index contributed by atoms with van der Waals surface area (Å²) in [4.78, 5) is 19.0. The fourth-order valence-corrected chi connectivity index (χ4v) is 1.39. The fourth-order valence-electron chi connectivity index (χ4n) is 1.39. The summed E-state index contributed by atoms with van der Waals surface area (Å²) < 4.78 is 1.86. The third kappa shape index (κ3) is 1.22. The molecule has 0 saturated carbocycles. The highest BCUT2D eigenvalue weighted by Crippen LogP contribution is 2.14. The number of hydrogen-bond donors (Lipinski definition) is 1. The van der Waals surface area contributed by atoms with E-state index in [1.165, 1.54) is 0 Å². The number of hydrogen-bond acceptors (Lipinski definition) is 4. The lowest BCUT2D eigenvalue weighted by atomic mass is 10.2. The van der Waals surface area contributed by atoms with Crippen molar-refractivity contribution in [2.24, 2.45) is 0 Å². The summed E-state index contributed by atoms with van der Waals surface area (Å²) in [5.41, 5.74) is 5.59. The predicted molar refractivity (Wildman–Crippen MR) is 53.0 cm³/mol. The molecule has 0 radical (unpaired) electrons. The van der Waals surface area contributed by atoms with Crippen LogP contribution in [0.4, 0.5) is 5.95 Å². The van der Waals surface area contributed by atoms with E-state index in [-0.39, 0.29) is 11.5 Å². The maximum atomic E-state index is 11.4. The van der Waals surface area contributed by atoms with Crippen molar-refractivity contribution in [2.45, 2.75) is 13.5 Å². The van der Waals surface area contributed by atoms with Crippen LogP contribution < -0.4 is 11.3 Å². The Morgan fingerprint density at radius 3 is 3.00 bits per heavy atom. The number of rotatable bonds is 1. The second-order valence-electron chi connectivity index (χ2n) is 2.92. The van der Waals surface area contributed by atoms with E-state index in [4.69, 9.17) is 5.73 Å². The fraction of sp³-hybridized carbons (Fsp3) is 0.222. The highest BCUT2D eigenvalue weighted by atomic mass is 16.1. The number of nitrogens with zero attached hydrogens (tertiary/aromatic N) is 3. The number of pyridine rings is 1. The minimum Gasteiger partial charge on any atom is -0.368 e. The quantitative estimate of drug-likeness (QED) is 0.703. The molecular weight excluding hydrogens is 180 g/mol. The summed E-state index contributed by atoms with van der Waals surface area (Å²) in [6.45, 7) is 2.72. The van der Waals surface area contributed by atoms with Crippen LogP contribution in [0, 0.1) is 0 Å². The summed E-state index contributed by atoms with van der Waals surface area (Å²) in [5.74, 6) is 0.614. The van der Waals surface area contributed by atoms with Gasteiger partial charge in [-0.2, -0.15) is 9.97 Å². The highest BCUT2D eigenvalue weighted by molar-refractivity contribution is 5.56. The van der Waals surface area contributed by atoms with Crippen LogP contribution in [-0.2, 0) is 6.54 Å². The monoisotopic (exact) mass is 190 g/mol. The molecule has 2 aliphatic rings. The van der Waals surface area contributed by atoms with Crippen molar-refractivity contribution in [1.82, 2.24) is 14.5 Å². The Hall–Kier alpha value is -1.91. The molecule has 14 heavy (non-hydrogen) atoms. The summed E-state index contributed by atoms with van der Waals surface area (Å²) >= 11 is 0. The molecule has 0 saturated heterocycles. The molecular formula is C9H10N4O. The van der Waals surface area contributed by atoms with Crippen LogP contribution >= 0.6 is 0 Å². The van der Waals surface area contributed by atoms with Gasteiger partial charge >= 0.3 is 0 Å². The number of nitrogens with two attached hydrogens (primary N) is 1. The van der Waals surface area contributed by atoms with Crippen LogP contribution in [0.25, 0.3) is 11.4 Å². The third-order valence-corrected chi connectivity index (χ3v) is 2.05. The smallest absolute Gasteiger partial charge is 0.284 e. The van der Waals surface area contributed by atoms with Crippen molar-refractivity contribution in [2.75, 3.05) is 5.73 Å². The summed E-state index contributed by atoms with van der Waals surface area (Å²) in [6, 6.07) is 3.50. The van der Waals surface area contributed by atoms with E-state index in [2.05, 4.69) is 9.97 Å². The Bertz CT molecular complexity index is 491. The van der Waals surface area contributed by atoms with Crippen LogP contribution in [-0.4, -0.2) is 14.5 Å². The molecule has 2 rings (SSSR count). The first-order valence-corrected chi connectivity index (χ1v) is 4.35. The summed E-state index contributed by atoms with van der Waals surface area (Å²) in [7, 11) is 0. The van der Waals surface area contributed by atoms with Crippen molar-refractivity contribution < 1.29 is 0 Å². The lowest BCUT2D eigenvalue weighted by Crippen LogP contribution is -2.18. The van der Waals surface area contributed by atoms with Gasteiger partial charge in [-0.3, -0.25) is 4.79 Å². The Balaban J connectivity index is 2.84. The third-order valence-electron chi connectivity index (χ3n) is 2.05. The predicted octanol–water partition coefficient (Wildman–Crippen LogP) is 0.345. The van der Waals surface area contributed by atoms with Gasteiger partial charge in [-0.05, 0) is 19.1 Å². The number of fused-ring (bicyclic) bond motifs is 1. The van der Waals surface area contributed by atoms with E-state index in [9.17, 15) is 4.79 Å². The molecule has 0 amide bonds. The van der Waals surface area contributed by atoms with E-state index in [1.807, 2.05) is 17.7 Å². The Kier molecular flexibility index (Phi) is 1.92. The zero-order valence-corrected chi connectivity index (χ0v) is 7.77. The molecule has 5 nitrogen and oxygen atoms in total. The molecule has 0 spiro atoms. The van der Waals surface area contributed by atoms with E-state index in [1.54, 1.807) is 12.1 Å². The van der Waals surface area contributed by atoms with Crippen LogP contribution in [0.15, 0.2) is 23.1 Å². The molecule has 0 aromatic rings. The normalized spacial score (nSPS) is 10.6. The van der Waals surface area contributed by atoms with E-state index >= 15 is 0 Å². The number of aryl methyl sites for hydroxylation is 1. The van der Waals surface area contributed by atoms with Gasteiger partial charge < -0.3 is 10.3 Å². The van der Waals surface area contributed by atoms with Gasteiger partial charge in [-0.1, -0.05) is 0 Å². The van der Waals surface area contributed by atoms with Gasteiger partial charge in [-0.15, -0.1) is 0 Å². The topological polar surface area (TPSA) is 73.8 Å². The first kappa shape index (κ1) is 8.68. The van der Waals surface area contributed by atoms with Gasteiger partial charge in [0.05, 0.1) is 5.56 Å². The minimum absolute atomic E-state index is 0.0240. The van der Waals surface area contributed by atoms with Gasteiger partial charge in [0, 0.05) is 12.7 Å². The minimum atomic E-state index is -0.324. The highest BCUT2D eigenvalue weighted by Gasteiger charge is 2.11. The molecule has 2 N–H and O–H groups in total. The first-order chi connectivity index (χ1) is 6.72. The van der Waals surface area contributed by atoms with E-state index in [0.29, 0.717) is 11.4 Å². The molecule has 0 atom stereocenters. The van der Waals surface area contributed by atoms with Crippen LogP contribution in [0.3, 0.4) is 0 Å². The molecule has 2 heterocycles. The van der Waals surface area contributed by atoms with Crippen molar-refractivity contribution in [1.29, 1.82) is 0 Å². The Morgan fingerprint density at radius 2 is 2.29 bits per heavy atom. The van der Waals surface area contributed by atoms with Crippen LogP contribution in [0.1, 0.15) is 6.92 Å². The molecule has 0 fully saturated rings. The Morgan fingerprint density at radius 1 is 1.50 bits per heavy atom. The summed E-state index contributed by atoms with van der Waals surface area (Å²) in [6.07, 6.45) is 1.86. The maximum absolute atomic E-state index is 11.4. The lowest BCUT2D eigenvalue weighted by Gasteiger charge is -2.10. The molecule has 0 unspecified atom stereocenters. The first-order valence-electron chi connectivity index (χ1n) is 4.35. The average Bonchev–Trinajstić information content (AvgIpc) is 2.17. The molecule has 0 aliphatic carbocycles. The molecule has 2 aliphatic heterocycles. The lowest BCUT2D eigenvalue weighted by molar-refractivity contribution is 0.744. The second kappa shape index (κ2) is 3.10. The van der Waals surface area contributed by atoms with Crippen LogP contribution in [0.2, 0.25) is 0 Å². The largest absolute Gasteiger partial charge is 0.368 e. The summed E-state index contributed by atoms with van der Waals surface area (Å²) in [5, 5.41) is 0. The van der Waals surface area contributed by atoms with Crippen molar-refractivity contribution in [3.8, 4) is 11.4 Å². The SMILES string of the molecule is CCn1cccc2c(=O)nc(N)nc1-2. The van der Waals surface area contributed by atoms with Crippen molar-refractivity contribution >= 4 is 5.95 Å². The second-order valence-corrected chi connectivity index (χ2v) is 2.92. The number of nitrogen functional groups attached to an aromatic ring is 1. The van der Waals surface area contributed by atoms with Crippen LogP contribution in [0.5, 0.6) is 0 Å².